The number of ether oxygens (including phenoxy) is 3. The third kappa shape index (κ3) is 19.3. The number of benzene rings is 6. The van der Waals surface area contributed by atoms with Crippen molar-refractivity contribution in [2.75, 3.05) is 60.1 Å². The second-order valence-electron chi connectivity index (χ2n) is 29.5. The zero-order valence-electron chi connectivity index (χ0n) is 64.5. The van der Waals surface area contributed by atoms with Crippen molar-refractivity contribution in [2.24, 2.45) is 0 Å². The van der Waals surface area contributed by atoms with Gasteiger partial charge in [-0.15, -0.1) is 0 Å². The lowest BCUT2D eigenvalue weighted by Gasteiger charge is -2.31. The number of alkyl halides is 4. The number of piperidine rings is 1. The summed E-state index contributed by atoms with van der Waals surface area (Å²) in [6, 6.07) is 56.7. The van der Waals surface area contributed by atoms with Gasteiger partial charge in [-0.3, -0.25) is 54.4 Å². The van der Waals surface area contributed by atoms with Crippen LogP contribution in [0.5, 0.6) is 34.9 Å². The Labute approximate surface area is 675 Å². The molecular weight excluding hydrogens is 1510 g/mol. The number of aromatic amines is 3. The lowest BCUT2D eigenvalue weighted by Crippen LogP contribution is -2.38. The van der Waals surface area contributed by atoms with Crippen molar-refractivity contribution in [1.82, 2.24) is 70.3 Å². The van der Waals surface area contributed by atoms with Gasteiger partial charge >= 0.3 is 0 Å². The first-order valence-corrected chi connectivity index (χ1v) is 38.5. The maximum absolute atomic E-state index is 13.6. The van der Waals surface area contributed by atoms with Gasteiger partial charge in [0.25, 0.3) is 29.6 Å². The molecule has 12 heterocycles. The van der Waals surface area contributed by atoms with Gasteiger partial charge in [0, 0.05) is 147 Å². The number of carbonyl (C=O) groups is 3. The fraction of sp³-hybridized carbons (Fsp3) is 0.200. The van der Waals surface area contributed by atoms with E-state index >= 15 is 0 Å². The van der Waals surface area contributed by atoms with Crippen LogP contribution in [0.4, 0.5) is 40.3 Å². The quantitative estimate of drug-likeness (QED) is 0.0387. The van der Waals surface area contributed by atoms with E-state index in [1.807, 2.05) is 178 Å². The molecule has 24 nitrogen and oxygen atoms in total. The van der Waals surface area contributed by atoms with Crippen molar-refractivity contribution in [3.05, 3.63) is 283 Å². The average molecular weight is 1590 g/mol. The number of pyridine rings is 6. The molecule has 6 aromatic carbocycles. The molecule has 9 aromatic heterocycles. The van der Waals surface area contributed by atoms with E-state index in [9.17, 15) is 31.9 Å². The molecule has 3 amide bonds. The average Bonchev–Trinajstić information content (AvgIpc) is 1.65. The third-order valence-corrected chi connectivity index (χ3v) is 20.5. The summed E-state index contributed by atoms with van der Waals surface area (Å²) in [5, 5.41) is 32.1. The number of aromatic nitrogens is 12. The van der Waals surface area contributed by atoms with Gasteiger partial charge in [-0.1, -0.05) is 71.3 Å². The first-order chi connectivity index (χ1) is 57.2. The second-order valence-corrected chi connectivity index (χ2v) is 29.5. The van der Waals surface area contributed by atoms with Crippen LogP contribution < -0.4 is 35.1 Å². The summed E-state index contributed by atoms with van der Waals surface area (Å²) in [7, 11) is 0. The highest BCUT2D eigenvalue weighted by atomic mass is 19.3. The van der Waals surface area contributed by atoms with Crippen LogP contribution in [0.1, 0.15) is 91.4 Å². The zero-order chi connectivity index (χ0) is 81.3. The molecule has 3 aliphatic heterocycles. The molecule has 0 atom stereocenters. The molecule has 28 heteroatoms. The summed E-state index contributed by atoms with van der Waals surface area (Å²) in [6.07, 6.45) is 17.4. The summed E-state index contributed by atoms with van der Waals surface area (Å²) in [5.74, 6) is -2.98. The minimum atomic E-state index is -2.64. The van der Waals surface area contributed by atoms with Gasteiger partial charge in [-0.2, -0.15) is 15.3 Å². The number of carbonyl (C=O) groups excluding carboxylic acids is 3. The van der Waals surface area contributed by atoms with Crippen molar-refractivity contribution in [2.45, 2.75) is 77.8 Å². The Kier molecular flexibility index (Phi) is 22.8. The maximum atomic E-state index is 13.6. The monoisotopic (exact) mass is 1580 g/mol. The number of rotatable bonds is 20. The van der Waals surface area contributed by atoms with E-state index in [0.29, 0.717) is 107 Å². The molecule has 3 saturated heterocycles. The molecule has 18 rings (SSSR count). The molecule has 0 unspecified atom stereocenters. The van der Waals surface area contributed by atoms with Crippen LogP contribution >= 0.6 is 0 Å². The number of hydrogen-bond acceptors (Lipinski definition) is 18. The van der Waals surface area contributed by atoms with Crippen LogP contribution in [-0.4, -0.2) is 139 Å². The van der Waals surface area contributed by atoms with Crippen LogP contribution in [0, 0.1) is 20.8 Å². The summed E-state index contributed by atoms with van der Waals surface area (Å²) in [4.78, 5) is 71.5. The molecule has 3 fully saturated rings. The van der Waals surface area contributed by atoms with Crippen LogP contribution in [0.15, 0.2) is 238 Å². The molecule has 118 heavy (non-hydrogen) atoms. The number of amides is 3. The normalized spacial score (nSPS) is 14.4. The Morgan fingerprint density at radius 1 is 0.381 bits per heavy atom. The first kappa shape index (κ1) is 77.8. The zero-order valence-corrected chi connectivity index (χ0v) is 64.5. The lowest BCUT2D eigenvalue weighted by atomic mass is 10.0. The Balaban J connectivity index is 0.000000132. The lowest BCUT2D eigenvalue weighted by molar-refractivity contribution is -0.0566. The number of nitrogens with one attached hydrogen (secondary N) is 6. The van der Waals surface area contributed by atoms with Crippen molar-refractivity contribution >= 4 is 73.2 Å². The molecule has 0 aliphatic carbocycles. The van der Waals surface area contributed by atoms with Crippen molar-refractivity contribution in [3.63, 3.8) is 0 Å². The van der Waals surface area contributed by atoms with E-state index in [0.717, 1.165) is 96.4 Å². The highest BCUT2D eigenvalue weighted by Gasteiger charge is 2.38. The van der Waals surface area contributed by atoms with Gasteiger partial charge in [0.1, 0.15) is 17.2 Å². The Morgan fingerprint density at radius 3 is 1.10 bits per heavy atom. The number of likely N-dealkylation sites (tertiary alicyclic amines) is 2. The first-order valence-electron chi connectivity index (χ1n) is 38.5. The number of hydrogen-bond donors (Lipinski definition) is 6. The van der Waals surface area contributed by atoms with Crippen LogP contribution in [0.25, 0.3) is 66.1 Å². The largest absolute Gasteiger partial charge is 0.439 e. The topological polar surface area (TPSA) is 288 Å². The fourth-order valence-electron chi connectivity index (χ4n) is 14.1. The predicted molar refractivity (Wildman–Crippen MR) is 444 cm³/mol. The van der Waals surface area contributed by atoms with Crippen molar-refractivity contribution < 1.29 is 46.2 Å². The third-order valence-electron chi connectivity index (χ3n) is 20.5. The van der Waals surface area contributed by atoms with E-state index in [-0.39, 0.29) is 54.9 Å². The number of aryl methyl sites for hydroxylation is 3. The van der Waals surface area contributed by atoms with Gasteiger partial charge in [0.2, 0.25) is 17.6 Å². The van der Waals surface area contributed by atoms with Crippen LogP contribution in [-0.2, 0) is 13.1 Å². The van der Waals surface area contributed by atoms with Crippen LogP contribution in [0.2, 0.25) is 0 Å². The molecule has 15 aromatic rings. The number of fused-ring (bicyclic) bond motifs is 3. The molecule has 594 valence electrons. The van der Waals surface area contributed by atoms with E-state index < -0.39 is 11.8 Å². The van der Waals surface area contributed by atoms with E-state index in [4.69, 9.17) is 14.2 Å². The Hall–Kier alpha value is -14.1. The number of nitrogens with zero attached hydrogens (tertiary/aromatic N) is 12. The SMILES string of the molecule is Cc1ccc(Oc2ccc(NC(=O)c3n[nH]c4ccc(-c5cncc(CN6CCC(F)(F)C6)c5)cc34)cn2)cc1.Cc1ccc(Oc2ccc(NC(=O)c3n[nH]c4ccc(-c5cncc(CN6CCC(F)(F)CC6)c5)cc34)cn2)cc1.Cc1ccc(Oc2ccc(NC(=O)c3n[nH]c4ccc(-c5cncc(N6CCCC6)c5)cc34)cn2)cc1. The van der Waals surface area contributed by atoms with E-state index in [1.165, 1.54) is 25.2 Å². The molecule has 0 radical (unpaired) electrons. The second kappa shape index (κ2) is 34.5. The number of H-pyrrole nitrogens is 3. The van der Waals surface area contributed by atoms with Gasteiger partial charge in [0.15, 0.2) is 17.1 Å². The summed E-state index contributed by atoms with van der Waals surface area (Å²) >= 11 is 0. The fourth-order valence-corrected chi connectivity index (χ4v) is 14.1. The summed E-state index contributed by atoms with van der Waals surface area (Å²) in [5.41, 5.74) is 16.3. The molecule has 3 aliphatic rings. The van der Waals surface area contributed by atoms with Crippen molar-refractivity contribution in [1.29, 1.82) is 0 Å². The summed E-state index contributed by atoms with van der Waals surface area (Å²) in [6.45, 7) is 9.93. The molecule has 0 spiro atoms. The molecule has 6 N–H and O–H groups in total. The standard InChI is InChI=1S/C31H28F2N6O2.C30H26F2N6O2.C29H26N6O2/c1-20-2-6-25(7-3-20)41-28-9-5-24(18-35-28)36-30(40)29-26-15-22(4-8-27(26)37-38-29)23-14-21(16-34-17-23)19-39-12-10-31(32,33)11-13-39;1-19-2-6-24(7-3-19)40-27-9-5-23(16-34-27)35-29(39)28-25-13-21(4-8-26(25)36-37-28)22-12-20(14-33-15-22)17-38-11-10-30(31,32)18-38;1-19-4-8-24(9-5-19)37-27-11-7-22(17-31-27)32-29(36)28-25-15-20(6-10-26(25)33-34-28)21-14-23(18-30-16-21)35-12-2-3-13-35/h2-9,14-18H,10-13,19H2,1H3,(H,36,40)(H,37,38);2-9,12-16H,10-11,17-18H2,1H3,(H,35,39)(H,36,37);4-11,14-18H,2-3,12-13H2,1H3,(H,32,36)(H,33,34). The van der Waals surface area contributed by atoms with E-state index in [1.54, 1.807) is 72.3 Å². The highest BCUT2D eigenvalue weighted by molar-refractivity contribution is 6.13. The molecule has 0 saturated carbocycles. The van der Waals surface area contributed by atoms with Crippen molar-refractivity contribution in [3.8, 4) is 68.3 Å². The number of halogens is 4. The molecule has 0 bridgehead atoms. The Morgan fingerprint density at radius 2 is 0.737 bits per heavy atom. The Bertz CT molecular complexity index is 6080. The van der Waals surface area contributed by atoms with E-state index in [2.05, 4.69) is 87.4 Å². The summed E-state index contributed by atoms with van der Waals surface area (Å²) < 4.78 is 71.5. The van der Waals surface area contributed by atoms with Gasteiger partial charge < -0.3 is 35.1 Å². The predicted octanol–water partition coefficient (Wildman–Crippen LogP) is 18.8. The maximum Gasteiger partial charge on any atom is 0.276 e. The van der Waals surface area contributed by atoms with Gasteiger partial charge in [-0.05, 0) is 171 Å². The smallest absolute Gasteiger partial charge is 0.276 e. The molecular formula is C90H80F4N18O6. The number of anilines is 4. The van der Waals surface area contributed by atoms with Gasteiger partial charge in [0.05, 0.1) is 70.6 Å². The minimum Gasteiger partial charge on any atom is -0.439 e. The highest BCUT2D eigenvalue weighted by Crippen LogP contribution is 2.36. The van der Waals surface area contributed by atoms with Crippen LogP contribution in [0.3, 0.4) is 0 Å². The van der Waals surface area contributed by atoms with Gasteiger partial charge in [-0.25, -0.2) is 32.5 Å². The minimum absolute atomic E-state index is 0.121.